The van der Waals surface area contributed by atoms with Gasteiger partial charge in [0, 0.05) is 30.2 Å². The zero-order valence-electron chi connectivity index (χ0n) is 10.1. The highest BCUT2D eigenvalue weighted by atomic mass is 35.5. The Morgan fingerprint density at radius 3 is 2.76 bits per heavy atom. The van der Waals surface area contributed by atoms with Gasteiger partial charge in [-0.15, -0.1) is 11.3 Å². The van der Waals surface area contributed by atoms with Gasteiger partial charge in [-0.3, -0.25) is 4.90 Å². The fourth-order valence-corrected chi connectivity index (χ4v) is 4.25. The molecule has 2 heterocycles. The summed E-state index contributed by atoms with van der Waals surface area (Å²) >= 11 is 13.7. The fourth-order valence-electron chi connectivity index (χ4n) is 2.62. The van der Waals surface area contributed by atoms with Crippen molar-refractivity contribution in [1.29, 1.82) is 0 Å². The summed E-state index contributed by atoms with van der Waals surface area (Å²) in [5, 5.41) is 0. The lowest BCUT2D eigenvalue weighted by atomic mass is 9.96. The van der Waals surface area contributed by atoms with Gasteiger partial charge in [-0.05, 0) is 32.8 Å². The van der Waals surface area contributed by atoms with Crippen LogP contribution in [0.15, 0.2) is 6.07 Å². The second-order valence-corrected chi connectivity index (χ2v) is 7.11. The van der Waals surface area contributed by atoms with Gasteiger partial charge in [-0.2, -0.15) is 0 Å². The van der Waals surface area contributed by atoms with Gasteiger partial charge in [0.05, 0.1) is 8.67 Å². The number of likely N-dealkylation sites (tertiary alicyclic amines) is 1. The van der Waals surface area contributed by atoms with Crippen LogP contribution in [0.25, 0.3) is 0 Å². The third-order valence-corrected chi connectivity index (χ3v) is 5.12. The molecule has 1 fully saturated rings. The van der Waals surface area contributed by atoms with Gasteiger partial charge < -0.3 is 5.73 Å². The number of nitrogens with zero attached hydrogens (tertiary/aromatic N) is 1. The summed E-state index contributed by atoms with van der Waals surface area (Å²) in [5.41, 5.74) is 7.13. The molecule has 0 radical (unpaired) electrons. The van der Waals surface area contributed by atoms with E-state index in [4.69, 9.17) is 28.9 Å². The number of halogens is 2. The van der Waals surface area contributed by atoms with E-state index in [0.717, 1.165) is 33.6 Å². The molecule has 0 bridgehead atoms. The Bertz CT molecular complexity index is 394. The maximum absolute atomic E-state index is 6.22. The molecule has 5 heteroatoms. The van der Waals surface area contributed by atoms with E-state index in [0.29, 0.717) is 18.1 Å². The first-order valence-corrected chi connectivity index (χ1v) is 7.52. The molecule has 0 spiro atoms. The molecular weight excluding hydrogens is 275 g/mol. The smallest absolute Gasteiger partial charge is 0.0991 e. The Morgan fingerprint density at radius 2 is 2.24 bits per heavy atom. The van der Waals surface area contributed by atoms with Crippen LogP contribution >= 0.6 is 34.5 Å². The van der Waals surface area contributed by atoms with E-state index in [-0.39, 0.29) is 0 Å². The second-order valence-electron chi connectivity index (χ2n) is 4.83. The predicted molar refractivity (Wildman–Crippen MR) is 76.1 cm³/mol. The molecule has 2 N–H and O–H groups in total. The van der Waals surface area contributed by atoms with Crippen LogP contribution in [-0.4, -0.2) is 23.5 Å². The standard InChI is InChI=1S/C12H18Cl2N2S/c1-7-5-9(15)3-4-16(7)8(2)10-6-11(13)17-12(10)14/h6-9H,3-5,15H2,1-2H3. The van der Waals surface area contributed by atoms with Gasteiger partial charge in [-0.25, -0.2) is 0 Å². The summed E-state index contributed by atoms with van der Waals surface area (Å²) in [6.45, 7) is 5.46. The van der Waals surface area contributed by atoms with Crippen LogP contribution in [0.4, 0.5) is 0 Å². The average Bonchev–Trinajstić information content (AvgIpc) is 2.57. The van der Waals surface area contributed by atoms with Crippen molar-refractivity contribution in [3.8, 4) is 0 Å². The Morgan fingerprint density at radius 1 is 1.53 bits per heavy atom. The van der Waals surface area contributed by atoms with Crippen LogP contribution in [0.2, 0.25) is 8.67 Å². The van der Waals surface area contributed by atoms with Crippen LogP contribution in [-0.2, 0) is 0 Å². The fraction of sp³-hybridized carbons (Fsp3) is 0.667. The summed E-state index contributed by atoms with van der Waals surface area (Å²) in [6, 6.07) is 3.15. The highest BCUT2D eigenvalue weighted by Gasteiger charge is 2.29. The average molecular weight is 293 g/mol. The van der Waals surface area contributed by atoms with E-state index in [2.05, 4.69) is 18.7 Å². The largest absolute Gasteiger partial charge is 0.328 e. The predicted octanol–water partition coefficient (Wildman–Crippen LogP) is 3.93. The van der Waals surface area contributed by atoms with Gasteiger partial charge in [0.1, 0.15) is 0 Å². The number of hydrogen-bond donors (Lipinski definition) is 1. The molecule has 1 aliphatic rings. The molecule has 17 heavy (non-hydrogen) atoms. The van der Waals surface area contributed by atoms with Crippen molar-refractivity contribution in [3.05, 3.63) is 20.3 Å². The first-order valence-electron chi connectivity index (χ1n) is 5.95. The first kappa shape index (κ1) is 13.6. The Labute approximate surface area is 117 Å². The Kier molecular flexibility index (Phi) is 4.37. The van der Waals surface area contributed by atoms with Crippen molar-refractivity contribution in [3.63, 3.8) is 0 Å². The van der Waals surface area contributed by atoms with E-state index in [9.17, 15) is 0 Å². The SMILES string of the molecule is CC1CC(N)CCN1C(C)c1cc(Cl)sc1Cl. The molecule has 0 saturated carbocycles. The molecule has 96 valence electrons. The molecule has 0 aliphatic carbocycles. The molecule has 1 saturated heterocycles. The van der Waals surface area contributed by atoms with E-state index >= 15 is 0 Å². The minimum atomic E-state index is 0.314. The first-order chi connectivity index (χ1) is 7.99. The summed E-state index contributed by atoms with van der Waals surface area (Å²) in [4.78, 5) is 2.47. The van der Waals surface area contributed by atoms with E-state index in [1.54, 1.807) is 0 Å². The Hall–Kier alpha value is 0.200. The molecule has 1 aliphatic heterocycles. The monoisotopic (exact) mass is 292 g/mol. The molecule has 2 nitrogen and oxygen atoms in total. The summed E-state index contributed by atoms with van der Waals surface area (Å²) in [6.07, 6.45) is 2.12. The summed E-state index contributed by atoms with van der Waals surface area (Å²) in [7, 11) is 0. The lowest BCUT2D eigenvalue weighted by Crippen LogP contribution is -2.46. The van der Waals surface area contributed by atoms with Crippen molar-refractivity contribution in [2.75, 3.05) is 6.54 Å². The maximum Gasteiger partial charge on any atom is 0.0991 e. The van der Waals surface area contributed by atoms with Crippen LogP contribution in [0.5, 0.6) is 0 Å². The minimum absolute atomic E-state index is 0.314. The molecule has 1 aromatic rings. The normalized spacial score (nSPS) is 28.3. The quantitative estimate of drug-likeness (QED) is 0.895. The van der Waals surface area contributed by atoms with E-state index < -0.39 is 0 Å². The molecule has 2 rings (SSSR count). The van der Waals surface area contributed by atoms with E-state index in [1.807, 2.05) is 6.07 Å². The summed E-state index contributed by atoms with van der Waals surface area (Å²) < 4.78 is 1.57. The second kappa shape index (κ2) is 5.45. The van der Waals surface area contributed by atoms with Crippen LogP contribution in [0.1, 0.15) is 38.3 Å². The lowest BCUT2D eigenvalue weighted by Gasteiger charge is -2.40. The van der Waals surface area contributed by atoms with Gasteiger partial charge in [-0.1, -0.05) is 23.2 Å². The van der Waals surface area contributed by atoms with Crippen LogP contribution < -0.4 is 5.73 Å². The number of rotatable bonds is 2. The molecular formula is C12H18Cl2N2S. The molecule has 1 aromatic heterocycles. The number of nitrogens with two attached hydrogens (primary N) is 1. The van der Waals surface area contributed by atoms with Crippen molar-refractivity contribution >= 4 is 34.5 Å². The lowest BCUT2D eigenvalue weighted by molar-refractivity contribution is 0.104. The maximum atomic E-state index is 6.22. The van der Waals surface area contributed by atoms with Crippen LogP contribution in [0, 0.1) is 0 Å². The highest BCUT2D eigenvalue weighted by Crippen LogP contribution is 2.38. The van der Waals surface area contributed by atoms with Gasteiger partial charge in [0.15, 0.2) is 0 Å². The van der Waals surface area contributed by atoms with Crippen molar-refractivity contribution in [1.82, 2.24) is 4.90 Å². The molecule has 0 amide bonds. The highest BCUT2D eigenvalue weighted by molar-refractivity contribution is 7.20. The van der Waals surface area contributed by atoms with Crippen LogP contribution in [0.3, 0.4) is 0 Å². The van der Waals surface area contributed by atoms with Gasteiger partial charge in [0.25, 0.3) is 0 Å². The summed E-state index contributed by atoms with van der Waals surface area (Å²) in [5.74, 6) is 0. The Balaban J connectivity index is 2.14. The molecule has 0 aromatic carbocycles. The number of piperidine rings is 1. The van der Waals surface area contributed by atoms with Crippen molar-refractivity contribution in [2.24, 2.45) is 5.73 Å². The molecule has 3 atom stereocenters. The topological polar surface area (TPSA) is 29.3 Å². The number of thiophene rings is 1. The zero-order valence-corrected chi connectivity index (χ0v) is 12.4. The van der Waals surface area contributed by atoms with Crippen molar-refractivity contribution < 1.29 is 0 Å². The van der Waals surface area contributed by atoms with E-state index in [1.165, 1.54) is 11.3 Å². The third kappa shape index (κ3) is 2.96. The number of hydrogen-bond acceptors (Lipinski definition) is 3. The van der Waals surface area contributed by atoms with Gasteiger partial charge >= 0.3 is 0 Å². The molecule has 3 unspecified atom stereocenters. The zero-order chi connectivity index (χ0) is 12.6. The van der Waals surface area contributed by atoms with Crippen molar-refractivity contribution in [2.45, 2.75) is 44.8 Å². The minimum Gasteiger partial charge on any atom is -0.328 e. The van der Waals surface area contributed by atoms with Gasteiger partial charge in [0.2, 0.25) is 0 Å². The third-order valence-electron chi connectivity index (χ3n) is 3.60.